The second-order valence-electron chi connectivity index (χ2n) is 5.73. The summed E-state index contributed by atoms with van der Waals surface area (Å²) in [7, 11) is 0. The van der Waals surface area contributed by atoms with E-state index >= 15 is 0 Å². The van der Waals surface area contributed by atoms with Crippen molar-refractivity contribution in [3.05, 3.63) is 0 Å². The molecule has 2 aliphatic carbocycles. The van der Waals surface area contributed by atoms with Crippen LogP contribution in [0.3, 0.4) is 0 Å². The van der Waals surface area contributed by atoms with Crippen molar-refractivity contribution in [3.8, 4) is 0 Å². The van der Waals surface area contributed by atoms with Gasteiger partial charge in [-0.05, 0) is 43.9 Å². The van der Waals surface area contributed by atoms with Crippen molar-refractivity contribution >= 4 is 11.9 Å². The number of fused-ring (bicyclic) bond motifs is 2. The molecule has 3 rings (SSSR count). The molecular weight excluding hydrogens is 234 g/mol. The van der Waals surface area contributed by atoms with Gasteiger partial charge in [0.2, 0.25) is 5.91 Å². The standard InChI is InChI=1S/C13H19NO4/c15-12(9-2-1-5-18-9)14-11-8-4-3-7(6-8)10(11)13(16)17/h7-11H,1-6H2,(H,14,15)(H,16,17)/t7?,8?,9-,10?,11?/m0/s1. The fourth-order valence-electron chi connectivity index (χ4n) is 3.90. The van der Waals surface area contributed by atoms with Crippen molar-refractivity contribution in [3.63, 3.8) is 0 Å². The second kappa shape index (κ2) is 4.53. The van der Waals surface area contributed by atoms with Gasteiger partial charge in [-0.2, -0.15) is 0 Å². The molecule has 2 N–H and O–H groups in total. The zero-order valence-corrected chi connectivity index (χ0v) is 10.3. The number of rotatable bonds is 3. The minimum Gasteiger partial charge on any atom is -0.481 e. The van der Waals surface area contributed by atoms with Crippen LogP contribution in [-0.2, 0) is 14.3 Å². The maximum atomic E-state index is 12.0. The van der Waals surface area contributed by atoms with Crippen molar-refractivity contribution in [1.29, 1.82) is 0 Å². The molecule has 0 aromatic carbocycles. The van der Waals surface area contributed by atoms with Gasteiger partial charge in [0.1, 0.15) is 6.10 Å². The zero-order chi connectivity index (χ0) is 12.7. The van der Waals surface area contributed by atoms with Crippen molar-refractivity contribution in [2.75, 3.05) is 6.61 Å². The number of nitrogens with one attached hydrogen (secondary N) is 1. The van der Waals surface area contributed by atoms with Crippen LogP contribution in [0.4, 0.5) is 0 Å². The second-order valence-corrected chi connectivity index (χ2v) is 5.73. The number of amides is 1. The number of carboxylic acid groups (broad SMARTS) is 1. The molecule has 3 aliphatic rings. The third-order valence-corrected chi connectivity index (χ3v) is 4.73. The Labute approximate surface area is 106 Å². The summed E-state index contributed by atoms with van der Waals surface area (Å²) in [5, 5.41) is 12.2. The highest BCUT2D eigenvalue weighted by Crippen LogP contribution is 2.48. The highest BCUT2D eigenvalue weighted by Gasteiger charge is 2.51. The molecular formula is C13H19NO4. The van der Waals surface area contributed by atoms with Gasteiger partial charge >= 0.3 is 5.97 Å². The first-order chi connectivity index (χ1) is 8.66. The summed E-state index contributed by atoms with van der Waals surface area (Å²) in [6, 6.07) is -0.182. The number of carbonyl (C=O) groups is 2. The Kier molecular flexibility index (Phi) is 3.01. The Morgan fingerprint density at radius 3 is 2.61 bits per heavy atom. The van der Waals surface area contributed by atoms with E-state index in [4.69, 9.17) is 4.74 Å². The van der Waals surface area contributed by atoms with Gasteiger partial charge in [0.25, 0.3) is 0 Å². The molecule has 1 amide bonds. The first-order valence-corrected chi connectivity index (χ1v) is 6.81. The van der Waals surface area contributed by atoms with Gasteiger partial charge in [-0.15, -0.1) is 0 Å². The van der Waals surface area contributed by atoms with E-state index in [0.29, 0.717) is 12.5 Å². The average molecular weight is 253 g/mol. The van der Waals surface area contributed by atoms with E-state index in [1.165, 1.54) is 0 Å². The summed E-state index contributed by atoms with van der Waals surface area (Å²) in [6.45, 7) is 0.636. The van der Waals surface area contributed by atoms with Gasteiger partial charge in [-0.25, -0.2) is 0 Å². The van der Waals surface area contributed by atoms with Crippen molar-refractivity contribution in [2.24, 2.45) is 17.8 Å². The molecule has 100 valence electrons. The highest BCUT2D eigenvalue weighted by atomic mass is 16.5. The maximum absolute atomic E-state index is 12.0. The SMILES string of the molecule is O=C(O)C1C2CCC(C2)C1NC(=O)[C@@H]1CCCO1. The summed E-state index contributed by atoms with van der Waals surface area (Å²) < 4.78 is 5.34. The minimum absolute atomic E-state index is 0.115. The van der Waals surface area contributed by atoms with Crippen LogP contribution in [0.2, 0.25) is 0 Å². The van der Waals surface area contributed by atoms with Gasteiger partial charge < -0.3 is 15.2 Å². The first kappa shape index (κ1) is 12.0. The lowest BCUT2D eigenvalue weighted by molar-refractivity contribution is -0.145. The van der Waals surface area contributed by atoms with Crippen LogP contribution in [0.5, 0.6) is 0 Å². The summed E-state index contributed by atoms with van der Waals surface area (Å²) in [5.74, 6) is -0.672. The Hall–Kier alpha value is -1.10. The van der Waals surface area contributed by atoms with Crippen LogP contribution in [0.1, 0.15) is 32.1 Å². The Bertz CT molecular complexity index is 364. The molecule has 5 atom stereocenters. The fourth-order valence-corrected chi connectivity index (χ4v) is 3.90. The molecule has 4 unspecified atom stereocenters. The van der Waals surface area contributed by atoms with E-state index in [-0.39, 0.29) is 24.0 Å². The van der Waals surface area contributed by atoms with Crippen LogP contribution < -0.4 is 5.32 Å². The topological polar surface area (TPSA) is 75.6 Å². The molecule has 2 saturated carbocycles. The van der Waals surface area contributed by atoms with Gasteiger partial charge in [0.15, 0.2) is 0 Å². The maximum Gasteiger partial charge on any atom is 0.308 e. The fraction of sp³-hybridized carbons (Fsp3) is 0.846. The van der Waals surface area contributed by atoms with E-state index in [9.17, 15) is 14.7 Å². The Morgan fingerprint density at radius 1 is 1.17 bits per heavy atom. The summed E-state index contributed by atoms with van der Waals surface area (Å²) in [4.78, 5) is 23.3. The average Bonchev–Trinajstić information content (AvgIpc) is 3.05. The summed E-state index contributed by atoms with van der Waals surface area (Å²) in [5.41, 5.74) is 0. The number of ether oxygens (including phenoxy) is 1. The quantitative estimate of drug-likeness (QED) is 0.779. The lowest BCUT2D eigenvalue weighted by Gasteiger charge is -2.29. The first-order valence-electron chi connectivity index (χ1n) is 6.81. The largest absolute Gasteiger partial charge is 0.481 e. The molecule has 5 heteroatoms. The molecule has 0 spiro atoms. The third-order valence-electron chi connectivity index (χ3n) is 4.73. The van der Waals surface area contributed by atoms with Gasteiger partial charge in [0, 0.05) is 12.6 Å². The number of hydrogen-bond donors (Lipinski definition) is 2. The number of hydrogen-bond acceptors (Lipinski definition) is 3. The predicted octanol–water partition coefficient (Wildman–Crippen LogP) is 0.781. The normalized spacial score (nSPS) is 42.1. The molecule has 0 aromatic rings. The molecule has 1 aliphatic heterocycles. The Morgan fingerprint density at radius 2 is 1.94 bits per heavy atom. The van der Waals surface area contributed by atoms with Gasteiger partial charge in [-0.1, -0.05) is 0 Å². The van der Waals surface area contributed by atoms with E-state index in [1.807, 2.05) is 0 Å². The molecule has 5 nitrogen and oxygen atoms in total. The minimum atomic E-state index is -0.764. The van der Waals surface area contributed by atoms with Crippen molar-refractivity contribution < 1.29 is 19.4 Å². The van der Waals surface area contributed by atoms with E-state index in [2.05, 4.69) is 5.32 Å². The van der Waals surface area contributed by atoms with E-state index < -0.39 is 11.9 Å². The molecule has 3 fully saturated rings. The number of carbonyl (C=O) groups excluding carboxylic acids is 1. The monoisotopic (exact) mass is 253 g/mol. The highest BCUT2D eigenvalue weighted by molar-refractivity contribution is 5.82. The Balaban J connectivity index is 1.67. The lowest BCUT2D eigenvalue weighted by Crippen LogP contribution is -2.49. The molecule has 0 radical (unpaired) electrons. The summed E-state index contributed by atoms with van der Waals surface area (Å²) >= 11 is 0. The molecule has 1 heterocycles. The zero-order valence-electron chi connectivity index (χ0n) is 10.3. The van der Waals surface area contributed by atoms with Gasteiger partial charge in [-0.3, -0.25) is 9.59 Å². The van der Waals surface area contributed by atoms with Crippen molar-refractivity contribution in [2.45, 2.75) is 44.2 Å². The molecule has 2 bridgehead atoms. The summed E-state index contributed by atoms with van der Waals surface area (Å²) in [6.07, 6.45) is 4.30. The van der Waals surface area contributed by atoms with Gasteiger partial charge in [0.05, 0.1) is 5.92 Å². The van der Waals surface area contributed by atoms with Crippen molar-refractivity contribution in [1.82, 2.24) is 5.32 Å². The van der Waals surface area contributed by atoms with Crippen LogP contribution in [0.25, 0.3) is 0 Å². The van der Waals surface area contributed by atoms with E-state index in [1.54, 1.807) is 0 Å². The molecule has 0 aromatic heterocycles. The van der Waals surface area contributed by atoms with Crippen LogP contribution >= 0.6 is 0 Å². The third kappa shape index (κ3) is 1.90. The van der Waals surface area contributed by atoms with E-state index in [0.717, 1.165) is 32.1 Å². The van der Waals surface area contributed by atoms with Crippen LogP contribution in [0.15, 0.2) is 0 Å². The molecule has 1 saturated heterocycles. The smallest absolute Gasteiger partial charge is 0.308 e. The molecule has 18 heavy (non-hydrogen) atoms. The lowest BCUT2D eigenvalue weighted by atomic mass is 9.84. The van der Waals surface area contributed by atoms with Crippen LogP contribution in [0, 0.1) is 17.8 Å². The number of aliphatic carboxylic acids is 1. The predicted molar refractivity (Wildman–Crippen MR) is 62.9 cm³/mol. The van der Waals surface area contributed by atoms with Crippen LogP contribution in [-0.4, -0.2) is 35.7 Å². The number of carboxylic acids is 1.